The Kier molecular flexibility index (Phi) is 18.3. The third kappa shape index (κ3) is 14.1. The van der Waals surface area contributed by atoms with E-state index in [-0.39, 0.29) is 33.4 Å². The fourth-order valence-corrected chi connectivity index (χ4v) is 9.48. The van der Waals surface area contributed by atoms with Crippen LogP contribution in [0.4, 0.5) is 0 Å². The van der Waals surface area contributed by atoms with Crippen LogP contribution in [-0.2, 0) is 51.8 Å². The molecule has 0 aromatic heterocycles. The first-order chi connectivity index (χ1) is 36.8. The van der Waals surface area contributed by atoms with Gasteiger partial charge in [-0.25, -0.2) is 28.8 Å². The van der Waals surface area contributed by atoms with Crippen molar-refractivity contribution < 1.29 is 80.6 Å². The van der Waals surface area contributed by atoms with E-state index in [1.807, 2.05) is 19.6 Å². The van der Waals surface area contributed by atoms with Crippen molar-refractivity contribution in [3.63, 3.8) is 0 Å². The van der Waals surface area contributed by atoms with Gasteiger partial charge in [-0.2, -0.15) is 0 Å². The largest absolute Gasteiger partial charge is 0.459 e. The molecule has 2 aliphatic rings. The number of carbonyl (C=O) groups excluding carboxylic acids is 6. The molecular weight excluding hydrogens is 997 g/mol. The van der Waals surface area contributed by atoms with Gasteiger partial charge in [0.2, 0.25) is 0 Å². The number of hydrogen-bond acceptors (Lipinski definition) is 17. The molecule has 2 heterocycles. The third-order valence-corrected chi connectivity index (χ3v) is 13.0. The maximum absolute atomic E-state index is 14.3. The van der Waals surface area contributed by atoms with Crippen LogP contribution in [-0.4, -0.2) is 126 Å². The second kappa shape index (κ2) is 25.6. The van der Waals surface area contributed by atoms with Crippen molar-refractivity contribution >= 4 is 44.1 Å². The monoisotopic (exact) mass is 1050 g/mol. The molecule has 2 saturated heterocycles. The van der Waals surface area contributed by atoms with E-state index in [4.69, 9.17) is 51.8 Å². The molecule has 6 aromatic rings. The van der Waals surface area contributed by atoms with Gasteiger partial charge < -0.3 is 51.8 Å². The maximum Gasteiger partial charge on any atom is 0.338 e. The summed E-state index contributed by atoms with van der Waals surface area (Å²) in [5, 5.41) is 0. The van der Waals surface area contributed by atoms with Gasteiger partial charge in [-0.3, -0.25) is 0 Å². The maximum atomic E-state index is 14.3. The van der Waals surface area contributed by atoms with Gasteiger partial charge in [-0.1, -0.05) is 109 Å². The quantitative estimate of drug-likeness (QED) is 0.0425. The lowest BCUT2D eigenvalue weighted by molar-refractivity contribution is -0.324. The van der Waals surface area contributed by atoms with Crippen LogP contribution in [0.15, 0.2) is 182 Å². The number of ether oxygens (including phenoxy) is 10. The van der Waals surface area contributed by atoms with Crippen LogP contribution in [0.5, 0.6) is 0 Å². The number of methoxy groups -OCH3 is 1. The Bertz CT molecular complexity index is 2870. The molecule has 76 heavy (non-hydrogen) atoms. The molecule has 0 unspecified atom stereocenters. The molecule has 18 heteroatoms. The minimum atomic E-state index is -2.68. The van der Waals surface area contributed by atoms with Gasteiger partial charge in [0.25, 0.3) is 0 Å². The van der Waals surface area contributed by atoms with E-state index in [2.05, 4.69) is 0 Å². The summed E-state index contributed by atoms with van der Waals surface area (Å²) in [5.41, 5.74) is 0.855. The summed E-state index contributed by atoms with van der Waals surface area (Å²) in [4.78, 5) is 84.1. The Hall–Kier alpha value is -7.84. The van der Waals surface area contributed by atoms with Crippen LogP contribution in [0.2, 0.25) is 19.6 Å². The highest BCUT2D eigenvalue weighted by Crippen LogP contribution is 2.36. The molecule has 0 amide bonds. The van der Waals surface area contributed by atoms with Gasteiger partial charge in [0.05, 0.1) is 40.0 Å². The van der Waals surface area contributed by atoms with Crippen LogP contribution in [0, 0.1) is 0 Å². The van der Waals surface area contributed by atoms with Crippen molar-refractivity contribution in [1.82, 2.24) is 0 Å². The van der Waals surface area contributed by atoms with E-state index < -0.39 is 119 Å². The van der Waals surface area contributed by atoms with Crippen molar-refractivity contribution in [3.8, 4) is 0 Å². The molecule has 0 saturated carbocycles. The van der Waals surface area contributed by atoms with E-state index in [1.165, 1.54) is 55.6 Å². The predicted octanol–water partition coefficient (Wildman–Crippen LogP) is 8.30. The second-order valence-corrected chi connectivity index (χ2v) is 23.0. The smallest absolute Gasteiger partial charge is 0.338 e. The van der Waals surface area contributed by atoms with Crippen molar-refractivity contribution in [2.45, 2.75) is 81.1 Å². The molecular formula is C58H56O17Si. The van der Waals surface area contributed by atoms with Gasteiger partial charge in [-0.15, -0.1) is 0 Å². The molecule has 394 valence electrons. The lowest BCUT2D eigenvalue weighted by Gasteiger charge is -2.47. The zero-order valence-corrected chi connectivity index (χ0v) is 42.9. The summed E-state index contributed by atoms with van der Waals surface area (Å²) in [6.07, 6.45) is -15.1. The summed E-state index contributed by atoms with van der Waals surface area (Å²) in [6.45, 7) is 4.49. The molecule has 6 aromatic carbocycles. The van der Waals surface area contributed by atoms with Gasteiger partial charge in [0, 0.05) is 7.11 Å². The first-order valence-electron chi connectivity index (χ1n) is 24.4. The van der Waals surface area contributed by atoms with E-state index in [0.29, 0.717) is 0 Å². The molecule has 0 N–H and O–H groups in total. The van der Waals surface area contributed by atoms with Crippen molar-refractivity contribution in [3.05, 3.63) is 215 Å². The normalized spacial score (nSPS) is 23.2. The molecule has 8 rings (SSSR count). The highest BCUT2D eigenvalue weighted by atomic mass is 28.4. The molecule has 10 atom stereocenters. The van der Waals surface area contributed by atoms with Gasteiger partial charge in [0.1, 0.15) is 24.9 Å². The number of esters is 6. The fraction of sp³-hybridized carbons (Fsp3) is 0.276. The van der Waals surface area contributed by atoms with Crippen molar-refractivity contribution in [2.75, 3.05) is 20.3 Å². The van der Waals surface area contributed by atoms with Crippen LogP contribution in [0.1, 0.15) is 62.1 Å². The lowest BCUT2D eigenvalue weighted by Crippen LogP contribution is -2.65. The fourth-order valence-electron chi connectivity index (χ4n) is 8.40. The molecule has 0 aliphatic carbocycles. The van der Waals surface area contributed by atoms with Crippen LogP contribution < -0.4 is 0 Å². The Labute approximate surface area is 439 Å². The third-order valence-electron chi connectivity index (χ3n) is 12.0. The zero-order valence-electron chi connectivity index (χ0n) is 41.9. The van der Waals surface area contributed by atoms with Crippen LogP contribution >= 0.6 is 0 Å². The van der Waals surface area contributed by atoms with Gasteiger partial charge in [0.15, 0.2) is 51.4 Å². The summed E-state index contributed by atoms with van der Waals surface area (Å²) in [6, 6.07) is 48.3. The Morgan fingerprint density at radius 1 is 0.368 bits per heavy atom. The number of hydrogen-bond donors (Lipinski definition) is 0. The number of benzene rings is 6. The molecule has 0 radical (unpaired) electrons. The molecule has 17 nitrogen and oxygen atoms in total. The molecule has 0 spiro atoms. The van der Waals surface area contributed by atoms with Crippen molar-refractivity contribution in [1.29, 1.82) is 0 Å². The molecule has 2 aliphatic heterocycles. The van der Waals surface area contributed by atoms with E-state index in [9.17, 15) is 28.8 Å². The summed E-state index contributed by atoms with van der Waals surface area (Å²) >= 11 is 0. The van der Waals surface area contributed by atoms with Crippen molar-refractivity contribution in [2.24, 2.45) is 0 Å². The van der Waals surface area contributed by atoms with Gasteiger partial charge in [-0.05, 0) is 92.4 Å². The minimum absolute atomic E-state index is 0.0833. The SMILES string of the molecule is CO[C@H]1O[C@H](CO[C@H]2O[C@H](COC(=O)c3ccccc3)[C@@H](OC(=O)c3ccccc3)[C@H](OC(=O)c3ccccc3)[C@@H]2OC(=O)c2ccccc2)[C@@H](OC(=O)c2ccccc2)[C@H](O[Si](C)(C)C)[C@@H]1OC(=O)c1ccccc1. The first kappa shape index (κ1) is 54.4. The topological polar surface area (TPSA) is 204 Å². The van der Waals surface area contributed by atoms with E-state index >= 15 is 0 Å². The minimum Gasteiger partial charge on any atom is -0.459 e. The number of rotatable bonds is 19. The average molecular weight is 1050 g/mol. The Morgan fingerprint density at radius 3 is 1.01 bits per heavy atom. The predicted molar refractivity (Wildman–Crippen MR) is 273 cm³/mol. The number of carbonyl (C=O) groups is 6. The van der Waals surface area contributed by atoms with Crippen LogP contribution in [0.3, 0.4) is 0 Å². The second-order valence-electron chi connectivity index (χ2n) is 18.5. The Balaban J connectivity index is 1.21. The average Bonchev–Trinajstić information content (AvgIpc) is 3.46. The standard InChI is InChI=1S/C58H56O17Si/c1-65-57-50(74-56(64)42-33-21-10-22-34-42)48(75-76(2,3)4)46(71-53(61)39-27-15-7-16-28-39)44(68-57)36-67-58-49(73-55(63)41-31-19-9-20-32-41)47(72-54(62)40-29-17-8-18-30-40)45(70-52(60)38-25-13-6-14-26-38)43(69-58)35-66-51(59)37-23-11-5-12-24-37/h5-34,43-50,57-58H,35-36H2,1-4H3/t43-,44-,45-,46-,47+,48+,49+,50+,57+,58+/m1/s1. The molecule has 0 bridgehead atoms. The molecule has 2 fully saturated rings. The van der Waals surface area contributed by atoms with E-state index in [0.717, 1.165) is 0 Å². The summed E-state index contributed by atoms with van der Waals surface area (Å²) < 4.78 is 69.3. The summed E-state index contributed by atoms with van der Waals surface area (Å²) in [7, 11) is -1.34. The zero-order chi connectivity index (χ0) is 53.6. The lowest BCUT2D eigenvalue weighted by atomic mass is 9.97. The highest BCUT2D eigenvalue weighted by Gasteiger charge is 2.56. The van der Waals surface area contributed by atoms with E-state index in [1.54, 1.807) is 133 Å². The summed E-state index contributed by atoms with van der Waals surface area (Å²) in [5.74, 6) is -5.01. The van der Waals surface area contributed by atoms with Crippen LogP contribution in [0.25, 0.3) is 0 Å². The first-order valence-corrected chi connectivity index (χ1v) is 27.8. The Morgan fingerprint density at radius 2 is 0.658 bits per heavy atom. The highest BCUT2D eigenvalue weighted by molar-refractivity contribution is 6.69. The van der Waals surface area contributed by atoms with Gasteiger partial charge >= 0.3 is 35.8 Å².